The summed E-state index contributed by atoms with van der Waals surface area (Å²) < 4.78 is 105. The van der Waals surface area contributed by atoms with Crippen LogP contribution in [-0.2, 0) is 9.53 Å². The number of benzene rings is 2. The number of hydrogen-bond donors (Lipinski definition) is 2. The summed E-state index contributed by atoms with van der Waals surface area (Å²) in [5.74, 6) is -8.13. The maximum absolute atomic E-state index is 13.9. The molecular weight excluding hydrogens is 489 g/mol. The summed E-state index contributed by atoms with van der Waals surface area (Å²) in [4.78, 5) is 24.4. The predicted molar refractivity (Wildman–Crippen MR) is 108 cm³/mol. The van der Waals surface area contributed by atoms with Gasteiger partial charge in [0.1, 0.15) is 23.5 Å². The first-order valence-electron chi connectivity index (χ1n) is 10.0. The molecule has 0 radical (unpaired) electrons. The van der Waals surface area contributed by atoms with Crippen LogP contribution in [0.4, 0.5) is 36.4 Å². The van der Waals surface area contributed by atoms with Crippen molar-refractivity contribution in [2.45, 2.75) is 44.3 Å². The highest BCUT2D eigenvalue weighted by Gasteiger charge is 2.65. The summed E-state index contributed by atoms with van der Waals surface area (Å²) in [7, 11) is 0. The predicted octanol–water partition coefficient (Wildman–Crippen LogP) is 4.74. The van der Waals surface area contributed by atoms with Gasteiger partial charge < -0.3 is 20.5 Å². The van der Waals surface area contributed by atoms with Crippen molar-refractivity contribution < 1.29 is 49.8 Å². The summed E-state index contributed by atoms with van der Waals surface area (Å²) in [5, 5.41) is 2.22. The highest BCUT2D eigenvalue weighted by atomic mass is 19.4. The number of carbonyl (C=O) groups is 2. The average molecular weight is 508 g/mol. The quantitative estimate of drug-likeness (QED) is 0.552. The van der Waals surface area contributed by atoms with Gasteiger partial charge in [-0.1, -0.05) is 13.0 Å². The van der Waals surface area contributed by atoms with E-state index in [9.17, 15) is 40.3 Å². The van der Waals surface area contributed by atoms with Crippen molar-refractivity contribution in [1.82, 2.24) is 0 Å². The summed E-state index contributed by atoms with van der Waals surface area (Å²) in [6, 6.07) is 5.01. The molecule has 2 aromatic rings. The third-order valence-electron chi connectivity index (χ3n) is 5.98. The normalized spacial score (nSPS) is 24.5. The van der Waals surface area contributed by atoms with Crippen molar-refractivity contribution >= 4 is 17.5 Å². The van der Waals surface area contributed by atoms with Crippen LogP contribution >= 0.6 is 0 Å². The fraction of sp³-hybridized carbons (Fsp3) is 0.364. The van der Waals surface area contributed by atoms with Crippen molar-refractivity contribution in [1.29, 1.82) is 0 Å². The second-order valence-corrected chi connectivity index (χ2v) is 8.07. The van der Waals surface area contributed by atoms with E-state index in [0.717, 1.165) is 37.3 Å². The van der Waals surface area contributed by atoms with Crippen molar-refractivity contribution in [2.24, 2.45) is 11.7 Å². The van der Waals surface area contributed by atoms with Crippen LogP contribution in [0, 0.1) is 17.6 Å². The molecule has 13 heteroatoms. The molecule has 0 aromatic heterocycles. The number of carbonyl (C=O) groups excluding carboxylic acids is 2. The molecule has 0 aliphatic carbocycles. The van der Waals surface area contributed by atoms with E-state index in [1.807, 2.05) is 0 Å². The first-order chi connectivity index (χ1) is 16.2. The van der Waals surface area contributed by atoms with Crippen LogP contribution in [0.2, 0.25) is 0 Å². The molecule has 0 saturated carbocycles. The second-order valence-electron chi connectivity index (χ2n) is 8.07. The molecule has 3 rings (SSSR count). The number of alkyl halides is 5. The number of anilines is 1. The smallest absolute Gasteiger partial charge is 0.417 e. The Morgan fingerprint density at radius 3 is 2.37 bits per heavy atom. The van der Waals surface area contributed by atoms with Crippen molar-refractivity contribution in [3.8, 4) is 5.75 Å². The number of halogens is 7. The first kappa shape index (κ1) is 26.3. The molecule has 3 N–H and O–H groups in total. The lowest BCUT2D eigenvalue weighted by Gasteiger charge is -2.32. The first-order valence-corrected chi connectivity index (χ1v) is 10.0. The number of rotatable bonds is 6. The van der Waals surface area contributed by atoms with Gasteiger partial charge in [-0.05, 0) is 31.2 Å². The lowest BCUT2D eigenvalue weighted by molar-refractivity contribution is -0.272. The molecule has 1 aliphatic heterocycles. The van der Waals surface area contributed by atoms with E-state index in [1.54, 1.807) is 0 Å². The number of nitrogens with two attached hydrogens (primary N) is 1. The Kier molecular flexibility index (Phi) is 7.02. The van der Waals surface area contributed by atoms with Gasteiger partial charge in [-0.15, -0.1) is 0 Å². The average Bonchev–Trinajstić information content (AvgIpc) is 3.01. The van der Waals surface area contributed by atoms with E-state index in [0.29, 0.717) is 13.0 Å². The maximum atomic E-state index is 13.9. The van der Waals surface area contributed by atoms with E-state index in [4.69, 9.17) is 10.5 Å². The van der Waals surface area contributed by atoms with E-state index in [1.165, 1.54) is 0 Å². The van der Waals surface area contributed by atoms with Gasteiger partial charge in [-0.2, -0.15) is 22.0 Å². The molecule has 35 heavy (non-hydrogen) atoms. The Morgan fingerprint density at radius 1 is 1.14 bits per heavy atom. The van der Waals surface area contributed by atoms with Crippen LogP contribution in [0.5, 0.6) is 5.75 Å². The Labute approximate surface area is 194 Å². The van der Waals surface area contributed by atoms with E-state index in [2.05, 4.69) is 10.1 Å². The number of ether oxygens (including phenoxy) is 2. The number of amides is 2. The Hall–Kier alpha value is -3.35. The van der Waals surface area contributed by atoms with Crippen molar-refractivity contribution in [3.63, 3.8) is 0 Å². The van der Waals surface area contributed by atoms with Crippen LogP contribution < -0.4 is 15.8 Å². The summed E-state index contributed by atoms with van der Waals surface area (Å²) in [6.45, 7) is -1.64. The highest BCUT2D eigenvalue weighted by molar-refractivity contribution is 5.98. The van der Waals surface area contributed by atoms with Crippen molar-refractivity contribution in [2.75, 3.05) is 5.32 Å². The van der Waals surface area contributed by atoms with Crippen LogP contribution in [0.25, 0.3) is 0 Å². The second kappa shape index (κ2) is 9.36. The fourth-order valence-corrected chi connectivity index (χ4v) is 4.01. The topological polar surface area (TPSA) is 90.6 Å². The van der Waals surface area contributed by atoms with Crippen LogP contribution in [0.3, 0.4) is 0 Å². The number of nitrogens with one attached hydrogen (secondary N) is 1. The van der Waals surface area contributed by atoms with Crippen LogP contribution in [0.1, 0.15) is 35.7 Å². The lowest BCUT2D eigenvalue weighted by atomic mass is 9.77. The zero-order chi connectivity index (χ0) is 26.3. The molecule has 4 atom stereocenters. The minimum absolute atomic E-state index is 0.191. The van der Waals surface area contributed by atoms with Crippen molar-refractivity contribution in [3.05, 3.63) is 59.2 Å². The fourth-order valence-electron chi connectivity index (χ4n) is 4.01. The molecule has 2 aromatic carbocycles. The van der Waals surface area contributed by atoms with Gasteiger partial charge in [0.25, 0.3) is 11.8 Å². The van der Waals surface area contributed by atoms with Crippen LogP contribution in [-0.4, -0.2) is 36.3 Å². The van der Waals surface area contributed by atoms with Gasteiger partial charge in [-0.25, -0.2) is 8.78 Å². The monoisotopic (exact) mass is 508 g/mol. The van der Waals surface area contributed by atoms with E-state index >= 15 is 0 Å². The van der Waals surface area contributed by atoms with Crippen LogP contribution in [0.15, 0.2) is 36.4 Å². The summed E-state index contributed by atoms with van der Waals surface area (Å²) in [6.07, 6.45) is -6.91. The Morgan fingerprint density at radius 2 is 1.80 bits per heavy atom. The summed E-state index contributed by atoms with van der Waals surface area (Å²) >= 11 is 0. The zero-order valence-corrected chi connectivity index (χ0v) is 18.1. The van der Waals surface area contributed by atoms with E-state index in [-0.39, 0.29) is 11.3 Å². The molecule has 1 fully saturated rings. The molecule has 0 spiro atoms. The van der Waals surface area contributed by atoms with Gasteiger partial charge in [0.15, 0.2) is 5.60 Å². The molecule has 1 heterocycles. The molecule has 0 unspecified atom stereocenters. The zero-order valence-electron chi connectivity index (χ0n) is 18.1. The molecular formula is C22H19F7N2O4. The molecule has 6 nitrogen and oxygen atoms in total. The summed E-state index contributed by atoms with van der Waals surface area (Å²) in [5.41, 5.74) is 1.05. The highest BCUT2D eigenvalue weighted by Crippen LogP contribution is 2.54. The number of primary amides is 1. The minimum atomic E-state index is -4.99. The third kappa shape index (κ3) is 5.04. The molecule has 1 aliphatic rings. The Balaban J connectivity index is 2.07. The lowest BCUT2D eigenvalue weighted by Crippen LogP contribution is -2.47. The van der Waals surface area contributed by atoms with Gasteiger partial charge in [0.05, 0.1) is 5.56 Å². The van der Waals surface area contributed by atoms with Gasteiger partial charge in [0, 0.05) is 29.2 Å². The van der Waals surface area contributed by atoms with E-state index < -0.39 is 71.1 Å². The van der Waals surface area contributed by atoms with Gasteiger partial charge in [0.2, 0.25) is 0 Å². The standard InChI is InChI=1S/C22H19F7N2O4/c1-9-16(12-5-3-10(23)7-15(12)34-20(25)26)17(35-21(9,2)22(27,28)29)19(33)31-11-4-6-14(24)13(8-11)18(30)32/h3-9,16-17,20H,1-2H3,(H2,30,32)(H,31,33)/t9-,16+,17-,21+/m1/s1. The Bertz CT molecular complexity index is 1140. The largest absolute Gasteiger partial charge is 0.434 e. The molecule has 0 bridgehead atoms. The minimum Gasteiger partial charge on any atom is -0.434 e. The SMILES string of the molecule is C[C@@H]1[C@@H](c2ccc(F)cc2OC(F)F)[C@H](C(=O)Nc2ccc(F)c(C(N)=O)c2)O[C@]1(C)C(F)(F)F. The molecule has 2 amide bonds. The molecule has 190 valence electrons. The van der Waals surface area contributed by atoms with Gasteiger partial charge >= 0.3 is 12.8 Å². The number of hydrogen-bond acceptors (Lipinski definition) is 4. The maximum Gasteiger partial charge on any atom is 0.417 e. The third-order valence-corrected chi connectivity index (χ3v) is 5.98. The molecule has 1 saturated heterocycles. The van der Waals surface area contributed by atoms with Gasteiger partial charge in [-0.3, -0.25) is 9.59 Å².